The largest absolute Gasteiger partial charge is 0.445 e. The molecule has 4 rings (SSSR count). The topological polar surface area (TPSA) is 72.0 Å². The van der Waals surface area contributed by atoms with Gasteiger partial charge in [-0.2, -0.15) is 0 Å². The van der Waals surface area contributed by atoms with E-state index >= 15 is 0 Å². The van der Waals surface area contributed by atoms with Crippen LogP contribution in [0.4, 0.5) is 15.4 Å². The van der Waals surface area contributed by atoms with E-state index in [9.17, 15) is 9.59 Å². The summed E-state index contributed by atoms with van der Waals surface area (Å²) in [5.41, 5.74) is 1.22. The molecule has 1 atom stereocenters. The Morgan fingerprint density at radius 2 is 1.82 bits per heavy atom. The first-order valence-corrected chi connectivity index (χ1v) is 11.8. The lowest BCUT2D eigenvalue weighted by molar-refractivity contribution is 0.0574. The van der Waals surface area contributed by atoms with Gasteiger partial charge in [0, 0.05) is 24.3 Å². The highest BCUT2D eigenvalue weighted by Gasteiger charge is 2.40. The molecule has 0 spiro atoms. The molecule has 1 saturated heterocycles. The van der Waals surface area contributed by atoms with Gasteiger partial charge in [0.05, 0.1) is 6.04 Å². The number of rotatable bonds is 5. The molecule has 7 nitrogen and oxygen atoms in total. The second kappa shape index (κ2) is 9.81. The fourth-order valence-electron chi connectivity index (χ4n) is 4.20. The maximum Gasteiger partial charge on any atom is 0.416 e. The van der Waals surface area contributed by atoms with E-state index in [1.807, 2.05) is 63.2 Å². The molecule has 2 heterocycles. The third kappa shape index (κ3) is 5.83. The van der Waals surface area contributed by atoms with Gasteiger partial charge in [-0.05, 0) is 64.5 Å². The molecule has 2 aliphatic rings. The Morgan fingerprint density at radius 3 is 2.52 bits per heavy atom. The van der Waals surface area contributed by atoms with Crippen molar-refractivity contribution in [1.82, 2.24) is 9.88 Å². The Hall–Kier alpha value is -3.09. The second-order valence-electron chi connectivity index (χ2n) is 9.74. The van der Waals surface area contributed by atoms with E-state index in [1.54, 1.807) is 16.0 Å². The van der Waals surface area contributed by atoms with Crippen LogP contribution in [-0.2, 0) is 16.1 Å². The summed E-state index contributed by atoms with van der Waals surface area (Å²) in [5.74, 6) is 0.585. The first-order chi connectivity index (χ1) is 15.8. The predicted octanol–water partition coefficient (Wildman–Crippen LogP) is 5.85. The Balaban J connectivity index is 1.58. The molecule has 2 amide bonds. The molecule has 7 heteroatoms. The Labute approximate surface area is 195 Å². The molecular weight excluding hydrogens is 418 g/mol. The van der Waals surface area contributed by atoms with Gasteiger partial charge >= 0.3 is 12.2 Å². The van der Waals surface area contributed by atoms with Crippen LogP contribution in [-0.4, -0.2) is 40.3 Å². The van der Waals surface area contributed by atoms with Crippen LogP contribution in [0.5, 0.6) is 0 Å². The first-order valence-electron chi connectivity index (χ1n) is 11.8. The zero-order valence-electron chi connectivity index (χ0n) is 19.7. The van der Waals surface area contributed by atoms with Crippen molar-refractivity contribution in [2.45, 2.75) is 77.2 Å². The molecule has 0 N–H and O–H groups in total. The minimum absolute atomic E-state index is 0.0792. The van der Waals surface area contributed by atoms with Gasteiger partial charge in [-0.3, -0.25) is 4.90 Å². The first kappa shape index (κ1) is 23.1. The van der Waals surface area contributed by atoms with Gasteiger partial charge in [-0.25, -0.2) is 14.6 Å². The second-order valence-corrected chi connectivity index (χ2v) is 9.74. The van der Waals surface area contributed by atoms with Crippen LogP contribution in [0.25, 0.3) is 0 Å². The van der Waals surface area contributed by atoms with Crippen LogP contribution in [0.3, 0.4) is 0 Å². The number of hydrogen-bond donors (Lipinski definition) is 0. The maximum atomic E-state index is 13.1. The molecular formula is C26H33N3O4. The summed E-state index contributed by atoms with van der Waals surface area (Å²) in [7, 11) is 0. The average Bonchev–Trinajstić information content (AvgIpc) is 3.62. The van der Waals surface area contributed by atoms with E-state index < -0.39 is 5.60 Å². The number of ether oxygens (including phenoxy) is 2. The number of likely N-dealkylation sites (tertiary alicyclic amines) is 1. The quantitative estimate of drug-likeness (QED) is 0.570. The summed E-state index contributed by atoms with van der Waals surface area (Å²) in [6, 6.07) is 13.4. The molecule has 176 valence electrons. The fraction of sp³-hybridized carbons (Fsp3) is 0.500. The number of pyridine rings is 1. The van der Waals surface area contributed by atoms with Gasteiger partial charge in [0.2, 0.25) is 0 Å². The summed E-state index contributed by atoms with van der Waals surface area (Å²) in [6.45, 7) is 6.43. The van der Waals surface area contributed by atoms with E-state index in [1.165, 1.54) is 0 Å². The van der Waals surface area contributed by atoms with Crippen molar-refractivity contribution in [2.24, 2.45) is 0 Å². The highest BCUT2D eigenvalue weighted by atomic mass is 16.6. The van der Waals surface area contributed by atoms with Crippen LogP contribution in [0.15, 0.2) is 48.7 Å². The van der Waals surface area contributed by atoms with Gasteiger partial charge in [-0.1, -0.05) is 36.4 Å². The van der Waals surface area contributed by atoms with Crippen molar-refractivity contribution in [1.29, 1.82) is 0 Å². The minimum Gasteiger partial charge on any atom is -0.445 e. The number of hydrogen-bond acceptors (Lipinski definition) is 5. The molecule has 1 aliphatic heterocycles. The standard InChI is InChI=1S/C26H33N3O4/c1-26(2,3)33-25(31)29(20-14-15-20)23-21(12-9-16-27-23)22-13-7-8-17-28(22)24(30)32-18-19-10-5-4-6-11-19/h4-6,9-12,16,20,22H,7-8,13-15,17-18H2,1-3H3. The monoisotopic (exact) mass is 451 g/mol. The number of benzene rings is 1. The molecule has 1 saturated carbocycles. The summed E-state index contributed by atoms with van der Waals surface area (Å²) in [6.07, 6.45) is 5.52. The van der Waals surface area contributed by atoms with E-state index in [4.69, 9.17) is 9.47 Å². The summed E-state index contributed by atoms with van der Waals surface area (Å²) in [4.78, 5) is 34.3. The van der Waals surface area contributed by atoms with Crippen LogP contribution in [0.1, 0.15) is 70.0 Å². The average molecular weight is 452 g/mol. The van der Waals surface area contributed by atoms with Crippen molar-refractivity contribution >= 4 is 18.0 Å². The molecule has 2 fully saturated rings. The smallest absolute Gasteiger partial charge is 0.416 e. The highest BCUT2D eigenvalue weighted by molar-refractivity contribution is 5.89. The number of amides is 2. The van der Waals surface area contributed by atoms with Gasteiger partial charge in [0.1, 0.15) is 18.0 Å². The van der Waals surface area contributed by atoms with Crippen LogP contribution in [0, 0.1) is 0 Å². The number of aromatic nitrogens is 1. The van der Waals surface area contributed by atoms with E-state index in [0.29, 0.717) is 12.4 Å². The van der Waals surface area contributed by atoms with Crippen molar-refractivity contribution in [2.75, 3.05) is 11.4 Å². The minimum atomic E-state index is -0.600. The number of piperidine rings is 1. The predicted molar refractivity (Wildman–Crippen MR) is 126 cm³/mol. The SMILES string of the molecule is CC(C)(C)OC(=O)N(c1ncccc1C1CCCCN1C(=O)OCc1ccccc1)C1CC1. The maximum absolute atomic E-state index is 13.1. The summed E-state index contributed by atoms with van der Waals surface area (Å²) >= 11 is 0. The van der Waals surface area contributed by atoms with Crippen LogP contribution >= 0.6 is 0 Å². The number of anilines is 1. The third-order valence-electron chi connectivity index (χ3n) is 5.85. The Morgan fingerprint density at radius 1 is 1.06 bits per heavy atom. The molecule has 1 unspecified atom stereocenters. The lowest BCUT2D eigenvalue weighted by atomic mass is 9.95. The van der Waals surface area contributed by atoms with Crippen molar-refractivity contribution in [3.05, 3.63) is 59.8 Å². The normalized spacial score (nSPS) is 18.5. The summed E-state index contributed by atoms with van der Waals surface area (Å²) < 4.78 is 11.4. The zero-order chi connectivity index (χ0) is 23.4. The Bertz CT molecular complexity index is 969. The van der Waals surface area contributed by atoms with Crippen LogP contribution < -0.4 is 4.90 Å². The lowest BCUT2D eigenvalue weighted by Crippen LogP contribution is -2.42. The van der Waals surface area contributed by atoms with E-state index in [2.05, 4.69) is 4.98 Å². The fourth-order valence-corrected chi connectivity index (χ4v) is 4.20. The lowest BCUT2D eigenvalue weighted by Gasteiger charge is -2.37. The summed E-state index contributed by atoms with van der Waals surface area (Å²) in [5, 5.41) is 0. The molecule has 0 bridgehead atoms. The highest BCUT2D eigenvalue weighted by Crippen LogP contribution is 2.40. The van der Waals surface area contributed by atoms with Crippen LogP contribution in [0.2, 0.25) is 0 Å². The number of carbonyl (C=O) groups excluding carboxylic acids is 2. The number of carbonyl (C=O) groups is 2. The zero-order valence-corrected chi connectivity index (χ0v) is 19.7. The number of nitrogens with zero attached hydrogens (tertiary/aromatic N) is 3. The third-order valence-corrected chi connectivity index (χ3v) is 5.85. The van der Waals surface area contributed by atoms with E-state index in [-0.39, 0.29) is 30.9 Å². The molecule has 2 aromatic rings. The van der Waals surface area contributed by atoms with Crippen molar-refractivity contribution in [3.8, 4) is 0 Å². The molecule has 0 radical (unpaired) electrons. The van der Waals surface area contributed by atoms with Gasteiger partial charge in [0.15, 0.2) is 0 Å². The van der Waals surface area contributed by atoms with Gasteiger partial charge in [0.25, 0.3) is 0 Å². The van der Waals surface area contributed by atoms with Gasteiger partial charge in [-0.15, -0.1) is 0 Å². The van der Waals surface area contributed by atoms with E-state index in [0.717, 1.165) is 43.2 Å². The molecule has 1 aromatic heterocycles. The molecule has 33 heavy (non-hydrogen) atoms. The van der Waals surface area contributed by atoms with Gasteiger partial charge < -0.3 is 14.4 Å². The molecule has 1 aromatic carbocycles. The Kier molecular flexibility index (Phi) is 6.86. The van der Waals surface area contributed by atoms with Crippen molar-refractivity contribution in [3.63, 3.8) is 0 Å². The van der Waals surface area contributed by atoms with Crippen molar-refractivity contribution < 1.29 is 19.1 Å². The molecule has 1 aliphatic carbocycles.